The minimum Gasteiger partial charge on any atom is -0.480 e. The Kier molecular flexibility index (Phi) is 7.73. The third kappa shape index (κ3) is 6.25. The van der Waals surface area contributed by atoms with Crippen LogP contribution in [0.4, 0.5) is 20.6 Å². The molecule has 160 valence electrons. The number of carboxylic acids is 1. The summed E-state index contributed by atoms with van der Waals surface area (Å²) in [6.07, 6.45) is 4.30. The molecule has 0 saturated heterocycles. The van der Waals surface area contributed by atoms with Gasteiger partial charge in [0.25, 0.3) is 0 Å². The number of nitrogens with zero attached hydrogens (tertiary/aromatic N) is 2. The molecule has 7 nitrogen and oxygen atoms in total. The van der Waals surface area contributed by atoms with Crippen molar-refractivity contribution in [1.82, 2.24) is 4.98 Å². The molecule has 8 heteroatoms. The Bertz CT molecular complexity index is 840. The lowest BCUT2D eigenvalue weighted by Crippen LogP contribution is -2.30. The second-order valence-corrected chi connectivity index (χ2v) is 7.38. The van der Waals surface area contributed by atoms with E-state index in [4.69, 9.17) is 14.6 Å². The molecule has 30 heavy (non-hydrogen) atoms. The second-order valence-electron chi connectivity index (χ2n) is 7.38. The first-order chi connectivity index (χ1) is 14.5. The number of pyridine rings is 1. The van der Waals surface area contributed by atoms with Crippen LogP contribution in [0.5, 0.6) is 0 Å². The first kappa shape index (κ1) is 21.7. The fraction of sp³-hybridized carbons (Fsp3) is 0.409. The van der Waals surface area contributed by atoms with E-state index in [1.807, 2.05) is 6.07 Å². The summed E-state index contributed by atoms with van der Waals surface area (Å²) in [5, 5.41) is 8.63. The van der Waals surface area contributed by atoms with Crippen LogP contribution in [-0.4, -0.2) is 42.0 Å². The van der Waals surface area contributed by atoms with E-state index in [1.54, 1.807) is 30.3 Å². The van der Waals surface area contributed by atoms with Gasteiger partial charge in [-0.25, -0.2) is 19.5 Å². The number of amides is 1. The van der Waals surface area contributed by atoms with Gasteiger partial charge in [0.05, 0.1) is 24.6 Å². The van der Waals surface area contributed by atoms with Crippen molar-refractivity contribution < 1.29 is 28.6 Å². The zero-order valence-corrected chi connectivity index (χ0v) is 16.6. The maximum atomic E-state index is 13.6. The number of rotatable bonds is 8. The Morgan fingerprint density at radius 3 is 2.33 bits per heavy atom. The van der Waals surface area contributed by atoms with Crippen LogP contribution in [0.3, 0.4) is 0 Å². The van der Waals surface area contributed by atoms with Crippen LogP contribution in [0.1, 0.15) is 25.7 Å². The number of carboxylic acid groups (broad SMARTS) is 1. The second kappa shape index (κ2) is 10.7. The highest BCUT2D eigenvalue weighted by Crippen LogP contribution is 2.30. The number of halogens is 1. The van der Waals surface area contributed by atoms with Crippen LogP contribution in [-0.2, 0) is 14.3 Å². The Hall–Kier alpha value is -3.00. The quantitative estimate of drug-likeness (QED) is 0.642. The van der Waals surface area contributed by atoms with Crippen molar-refractivity contribution in [1.29, 1.82) is 0 Å². The molecule has 1 saturated carbocycles. The SMILES string of the molecule is O=C(O)COCC1CCC(COC(=O)N(c2ccccc2)c2ccnc(F)c2)CC1. The molecule has 1 N–H and O–H groups in total. The summed E-state index contributed by atoms with van der Waals surface area (Å²) in [5.41, 5.74) is 0.922. The first-order valence-corrected chi connectivity index (χ1v) is 9.96. The Balaban J connectivity index is 1.55. The summed E-state index contributed by atoms with van der Waals surface area (Å²) in [6.45, 7) is 0.440. The highest BCUT2D eigenvalue weighted by atomic mass is 19.1. The third-order valence-electron chi connectivity index (χ3n) is 5.15. The van der Waals surface area contributed by atoms with E-state index in [-0.39, 0.29) is 19.1 Å². The number of hydrogen-bond donors (Lipinski definition) is 1. The summed E-state index contributed by atoms with van der Waals surface area (Å²) in [7, 11) is 0. The van der Waals surface area contributed by atoms with Crippen molar-refractivity contribution in [3.8, 4) is 0 Å². The van der Waals surface area contributed by atoms with Crippen LogP contribution >= 0.6 is 0 Å². The predicted octanol–water partition coefficient (Wildman–Crippen LogP) is 4.40. The highest BCUT2D eigenvalue weighted by Gasteiger charge is 2.25. The van der Waals surface area contributed by atoms with Crippen molar-refractivity contribution in [2.24, 2.45) is 11.8 Å². The van der Waals surface area contributed by atoms with Gasteiger partial charge in [-0.15, -0.1) is 0 Å². The highest BCUT2D eigenvalue weighted by molar-refractivity contribution is 5.95. The van der Waals surface area contributed by atoms with Gasteiger partial charge in [-0.1, -0.05) is 18.2 Å². The van der Waals surface area contributed by atoms with Crippen molar-refractivity contribution in [3.63, 3.8) is 0 Å². The summed E-state index contributed by atoms with van der Waals surface area (Å²) < 4.78 is 24.4. The average molecular weight is 416 g/mol. The van der Waals surface area contributed by atoms with Gasteiger partial charge in [0.15, 0.2) is 0 Å². The van der Waals surface area contributed by atoms with Gasteiger partial charge in [0, 0.05) is 12.3 Å². The van der Waals surface area contributed by atoms with E-state index >= 15 is 0 Å². The smallest absolute Gasteiger partial charge is 0.418 e. The lowest BCUT2D eigenvalue weighted by Gasteiger charge is -2.29. The summed E-state index contributed by atoms with van der Waals surface area (Å²) in [5.74, 6) is -1.08. The van der Waals surface area contributed by atoms with Crippen LogP contribution in [0.2, 0.25) is 0 Å². The number of para-hydroxylation sites is 1. The maximum absolute atomic E-state index is 13.6. The fourth-order valence-electron chi connectivity index (χ4n) is 3.60. The van der Waals surface area contributed by atoms with Gasteiger partial charge in [0.1, 0.15) is 6.61 Å². The number of aliphatic carboxylic acids is 1. The van der Waals surface area contributed by atoms with Crippen molar-refractivity contribution in [2.75, 3.05) is 24.7 Å². The van der Waals surface area contributed by atoms with Gasteiger partial charge >= 0.3 is 12.1 Å². The van der Waals surface area contributed by atoms with E-state index in [0.717, 1.165) is 25.7 Å². The molecule has 1 aliphatic carbocycles. The lowest BCUT2D eigenvalue weighted by atomic mass is 9.83. The largest absolute Gasteiger partial charge is 0.480 e. The molecule has 0 aliphatic heterocycles. The molecule has 0 bridgehead atoms. The minimum absolute atomic E-state index is 0.233. The average Bonchev–Trinajstić information content (AvgIpc) is 2.74. The predicted molar refractivity (Wildman–Crippen MR) is 108 cm³/mol. The number of hydrogen-bond acceptors (Lipinski definition) is 5. The zero-order chi connectivity index (χ0) is 21.3. The van der Waals surface area contributed by atoms with E-state index in [2.05, 4.69) is 4.98 Å². The standard InChI is InChI=1S/C22H25FN2O5/c23-20-12-19(10-11-24-20)25(18-4-2-1-3-5-18)22(28)30-14-17-8-6-16(7-9-17)13-29-15-21(26)27/h1-5,10-12,16-17H,6-9,13-15H2,(H,26,27). The molecular weight excluding hydrogens is 391 g/mol. The van der Waals surface area contributed by atoms with Gasteiger partial charge in [0.2, 0.25) is 5.95 Å². The summed E-state index contributed by atoms with van der Waals surface area (Å²) >= 11 is 0. The molecule has 2 aromatic rings. The lowest BCUT2D eigenvalue weighted by molar-refractivity contribution is -0.142. The molecule has 1 aliphatic rings. The summed E-state index contributed by atoms with van der Waals surface area (Å²) in [4.78, 5) is 28.2. The Morgan fingerprint density at radius 2 is 1.70 bits per heavy atom. The number of benzene rings is 1. The topological polar surface area (TPSA) is 89.0 Å². The van der Waals surface area contributed by atoms with E-state index in [9.17, 15) is 14.0 Å². The molecule has 1 aromatic carbocycles. The monoisotopic (exact) mass is 416 g/mol. The van der Waals surface area contributed by atoms with Crippen molar-refractivity contribution >= 4 is 23.4 Å². The van der Waals surface area contributed by atoms with Gasteiger partial charge in [-0.05, 0) is 55.7 Å². The van der Waals surface area contributed by atoms with Gasteiger partial charge in [-0.3, -0.25) is 0 Å². The molecular formula is C22H25FN2O5. The number of carbonyl (C=O) groups is 2. The molecule has 0 radical (unpaired) electrons. The fourth-order valence-corrected chi connectivity index (χ4v) is 3.60. The number of ether oxygens (including phenoxy) is 2. The molecule has 0 atom stereocenters. The summed E-state index contributed by atoms with van der Waals surface area (Å²) in [6, 6.07) is 11.7. The molecule has 0 spiro atoms. The number of aromatic nitrogens is 1. The number of carbonyl (C=O) groups excluding carboxylic acids is 1. The molecule has 1 fully saturated rings. The van der Waals surface area contributed by atoms with Crippen LogP contribution in [0, 0.1) is 17.8 Å². The Labute approximate surface area is 174 Å². The van der Waals surface area contributed by atoms with Crippen LogP contribution in [0.15, 0.2) is 48.7 Å². The molecule has 1 aromatic heterocycles. The molecule has 0 unspecified atom stereocenters. The van der Waals surface area contributed by atoms with Crippen LogP contribution in [0.25, 0.3) is 0 Å². The van der Waals surface area contributed by atoms with Crippen molar-refractivity contribution in [3.05, 3.63) is 54.6 Å². The van der Waals surface area contributed by atoms with Crippen molar-refractivity contribution in [2.45, 2.75) is 25.7 Å². The minimum atomic E-state index is -0.965. The molecule has 1 amide bonds. The normalized spacial score (nSPS) is 18.6. The Morgan fingerprint density at radius 1 is 1.03 bits per heavy atom. The molecule has 1 heterocycles. The van der Waals surface area contributed by atoms with E-state index < -0.39 is 18.0 Å². The van der Waals surface area contributed by atoms with E-state index in [0.29, 0.717) is 23.9 Å². The van der Waals surface area contributed by atoms with Gasteiger partial charge in [-0.2, -0.15) is 4.39 Å². The first-order valence-electron chi connectivity index (χ1n) is 9.96. The van der Waals surface area contributed by atoms with Crippen LogP contribution < -0.4 is 4.90 Å². The maximum Gasteiger partial charge on any atom is 0.418 e. The number of anilines is 2. The zero-order valence-electron chi connectivity index (χ0n) is 16.6. The molecule has 3 rings (SSSR count). The van der Waals surface area contributed by atoms with E-state index in [1.165, 1.54) is 17.2 Å². The van der Waals surface area contributed by atoms with Gasteiger partial charge < -0.3 is 14.6 Å². The third-order valence-corrected chi connectivity index (χ3v) is 5.15.